The number of benzene rings is 8. The second-order valence-corrected chi connectivity index (χ2v) is 44.6. The van der Waals surface area contributed by atoms with Crippen LogP contribution in [0.25, 0.3) is 0 Å². The molecule has 0 aliphatic carbocycles. The Balaban J connectivity index is 0.000000203. The first kappa shape index (κ1) is 111. The second-order valence-electron chi connectivity index (χ2n) is 33.5. The zero-order valence-electron chi connectivity index (χ0n) is 79.0. The minimum Gasteiger partial charge on any atom is -0.496 e. The molecule has 135 heavy (non-hydrogen) atoms. The Bertz CT molecular complexity index is 5830. The van der Waals surface area contributed by atoms with E-state index in [1.807, 2.05) is 103 Å². The van der Waals surface area contributed by atoms with Gasteiger partial charge in [-0.2, -0.15) is 0 Å². The summed E-state index contributed by atoms with van der Waals surface area (Å²) in [6.45, 7) is 28.8. The predicted molar refractivity (Wildman–Crippen MR) is 547 cm³/mol. The van der Waals surface area contributed by atoms with E-state index < -0.39 is 37.1 Å². The number of nitrogens with one attached hydrogen (secondary N) is 1. The van der Waals surface area contributed by atoms with Gasteiger partial charge >= 0.3 is 11.4 Å². The number of rotatable bonds is 26. The van der Waals surface area contributed by atoms with Crippen molar-refractivity contribution in [3.63, 3.8) is 0 Å². The maximum atomic E-state index is 12.7. The molecule has 4 aliphatic heterocycles. The number of halogens is 5. The van der Waals surface area contributed by atoms with Crippen molar-refractivity contribution in [1.29, 1.82) is 0 Å². The minimum absolute atomic E-state index is 0. The van der Waals surface area contributed by atoms with E-state index in [1.165, 1.54) is 128 Å². The number of aromatic nitrogens is 6. The van der Waals surface area contributed by atoms with Gasteiger partial charge in [0.25, 0.3) is 0 Å². The van der Waals surface area contributed by atoms with E-state index in [4.69, 9.17) is 81.1 Å². The normalized spacial score (nSPS) is 13.6. The molecule has 4 aliphatic rings. The van der Waals surface area contributed by atoms with Gasteiger partial charge in [-0.15, -0.1) is 13.1 Å². The first-order valence-corrected chi connectivity index (χ1v) is 53.9. The molecule has 0 spiro atoms. The summed E-state index contributed by atoms with van der Waals surface area (Å²) in [6, 6.07) is 49.7. The molecular weight excluding hydrogens is 1930 g/mol. The SMILES string of the molecule is C1CCNCC1.COc1cc(F)ccc1[N+](=O)[O-].COc1cc(N2CCCCC2)ccc1Cc1ncc(Cl)c(Cc2ccccc2P(C)(C)=O)n1.COc1cc(N2CCCCC2)ccc1N.COc1cc(N2CCCCC2)ccc1[N+](=O)[O-].CP(C)(=O)c1ccccc1Cc1nc(Cl)ncc1Cl.[CH2-]CN(C[CH2-])c1ccc(Cc2ncc(Cl)c(Cc3ccccc3P(C)(C)=O)n2)c(OC)c1.[Y]. The topological polar surface area (TPSA) is 312 Å². The summed E-state index contributed by atoms with van der Waals surface area (Å²) in [4.78, 5) is 55.5. The standard InChI is InChI=1S/C26H31ClN3O2P.C25H29ClN3O2P.C13H13Cl2N2OP.C12H16N2O3.C12H18N2O.C7H6FNO3.C5H11N.Y/c1-32-24-17-21(30-13-7-4-8-14-30)12-11-19(24)16-26-28-18-22(27)23(29-26)15-20-9-5-6-10-25(20)33(2,3)31;1-6-29(7-2)20-13-12-18(23(16-20)31-3)15-25-27-17-21(26)22(28-25)14-19-10-8-9-11-24(19)32(4,5)30;1-19(2,18)12-6-4-3-5-9(12)7-11-10(14)8-16-13(15)17-11;1-17-12-9-10(5-6-11(12)14(15)16)13-7-3-2-4-8-13;1-15-12-9-10(5-6-11(12)13)14-7-3-2-4-8-14;1-12-7-4-5(8)2-3-6(7)9(10)11;1-2-4-6-5-3-1;/h5-6,9-12,17-18H,4,7-8,13-16H2,1-3H3;8-13,16-17H,1-2,6-7,14-15H2,3-5H3;3-6,8H,7H2,1-2H3;5-6,9H,2-4,7-8H2,1H3;5-6,9H,2-4,7-8,13H2,1H3;2-4H,1H3;6H,1-5H2;/q;-2;;;;;;. The van der Waals surface area contributed by atoms with Crippen molar-refractivity contribution in [1.82, 2.24) is 35.2 Å². The molecule has 26 nitrogen and oxygen atoms in total. The number of nitro groups is 2. The van der Waals surface area contributed by atoms with Gasteiger partial charge in [0.1, 0.15) is 56.1 Å². The minimum atomic E-state index is -2.42. The van der Waals surface area contributed by atoms with Gasteiger partial charge < -0.3 is 81.9 Å². The fourth-order valence-electron chi connectivity index (χ4n) is 15.7. The third-order valence-electron chi connectivity index (χ3n) is 22.7. The van der Waals surface area contributed by atoms with E-state index in [1.54, 1.807) is 85.8 Å². The summed E-state index contributed by atoms with van der Waals surface area (Å²) in [7, 11) is 0.562. The molecule has 3 N–H and O–H groups in total. The summed E-state index contributed by atoms with van der Waals surface area (Å²) >= 11 is 24.7. The molecule has 1 radical (unpaired) electrons. The molecule has 3 aromatic heterocycles. The van der Waals surface area contributed by atoms with E-state index in [-0.39, 0.29) is 55.1 Å². The zero-order valence-corrected chi connectivity index (χ0v) is 87.5. The Labute approximate surface area is 839 Å². The van der Waals surface area contributed by atoms with Crippen molar-refractivity contribution in [2.45, 2.75) is 109 Å². The Kier molecular flexibility index (Phi) is 45.4. The second kappa shape index (κ2) is 55.3. The summed E-state index contributed by atoms with van der Waals surface area (Å²) in [5.74, 6) is 3.43. The van der Waals surface area contributed by atoms with Gasteiger partial charge in [-0.05, 0) is 188 Å². The molecule has 0 amide bonds. The van der Waals surface area contributed by atoms with Gasteiger partial charge in [0.05, 0.1) is 89.4 Å². The van der Waals surface area contributed by atoms with E-state index in [2.05, 4.69) is 87.7 Å². The van der Waals surface area contributed by atoms with Crippen LogP contribution in [-0.2, 0) is 78.5 Å². The number of nitrogens with two attached hydrogens (primary N) is 1. The number of nitrogen functional groups attached to an aromatic ring is 1. The molecule has 4 fully saturated rings. The average Bonchev–Trinajstić information content (AvgIpc) is 0.857. The maximum Gasteiger partial charge on any atom is 0.311 e. The van der Waals surface area contributed by atoms with Crippen molar-refractivity contribution in [2.75, 3.05) is 166 Å². The Morgan fingerprint density at radius 3 is 1.14 bits per heavy atom. The molecule has 4 saturated heterocycles. The molecule has 8 aromatic carbocycles. The monoisotopic (exact) mass is 2050 g/mol. The number of ether oxygens (including phenoxy) is 5. The molecule has 7 heterocycles. The van der Waals surface area contributed by atoms with Crippen LogP contribution < -0.4 is 70.2 Å². The fourth-order valence-corrected chi connectivity index (χ4v) is 20.2. The number of piperidine rings is 4. The fraction of sp³-hybridized carbons (Fsp3) is 0.380. The molecule has 0 saturated carbocycles. The van der Waals surface area contributed by atoms with Gasteiger partial charge in [-0.3, -0.25) is 20.2 Å². The number of methoxy groups -OCH3 is 5. The van der Waals surface area contributed by atoms with Gasteiger partial charge in [-0.1, -0.05) is 126 Å². The summed E-state index contributed by atoms with van der Waals surface area (Å²) < 4.78 is 76.5. The number of nitrogens with zero attached hydrogens (tertiary/aromatic N) is 12. The average molecular weight is 2060 g/mol. The van der Waals surface area contributed by atoms with Crippen LogP contribution >= 0.6 is 67.8 Å². The van der Waals surface area contributed by atoms with E-state index in [0.29, 0.717) is 94.7 Å². The van der Waals surface area contributed by atoms with Gasteiger partial charge in [0.15, 0.2) is 11.5 Å². The number of anilines is 5. The molecule has 11 aromatic rings. The van der Waals surface area contributed by atoms with Crippen LogP contribution in [-0.4, -0.2) is 181 Å². The quantitative estimate of drug-likeness (QED) is 0.0127. The first-order valence-electron chi connectivity index (χ1n) is 44.6. The van der Waals surface area contributed by atoms with Crippen molar-refractivity contribution in [3.8, 4) is 28.7 Å². The van der Waals surface area contributed by atoms with Crippen LogP contribution in [0.5, 0.6) is 28.7 Å². The summed E-state index contributed by atoms with van der Waals surface area (Å²) in [6.07, 6.45) is 22.9. The van der Waals surface area contributed by atoms with Crippen LogP contribution in [0.4, 0.5) is 44.2 Å². The third kappa shape index (κ3) is 34.3. The largest absolute Gasteiger partial charge is 0.496 e. The van der Waals surface area contributed by atoms with Crippen LogP contribution in [0.1, 0.15) is 134 Å². The van der Waals surface area contributed by atoms with Crippen LogP contribution in [0.15, 0.2) is 182 Å². The molecule has 0 bridgehead atoms. The van der Waals surface area contributed by atoms with Crippen molar-refractivity contribution < 1.29 is 84.3 Å². The molecule has 0 unspecified atom stereocenters. The zero-order chi connectivity index (χ0) is 97.1. The van der Waals surface area contributed by atoms with E-state index in [9.17, 15) is 38.3 Å². The Morgan fingerprint density at radius 1 is 0.422 bits per heavy atom. The van der Waals surface area contributed by atoms with Crippen molar-refractivity contribution in [2.24, 2.45) is 0 Å². The van der Waals surface area contributed by atoms with Gasteiger partial charge in [0.2, 0.25) is 5.28 Å². The molecule has 0 atom stereocenters. The van der Waals surface area contributed by atoms with Crippen molar-refractivity contribution >= 4 is 124 Å². The smallest absolute Gasteiger partial charge is 0.311 e. The molecule has 15 rings (SSSR count). The van der Waals surface area contributed by atoms with Crippen LogP contribution in [0.2, 0.25) is 20.4 Å². The maximum absolute atomic E-state index is 12.7. The van der Waals surface area contributed by atoms with Crippen LogP contribution in [0, 0.1) is 39.9 Å². The number of nitro benzene ring substituents is 2. The van der Waals surface area contributed by atoms with Gasteiger partial charge in [-0.25, -0.2) is 34.3 Å². The van der Waals surface area contributed by atoms with Gasteiger partial charge in [0, 0.05) is 209 Å². The Morgan fingerprint density at radius 2 is 0.763 bits per heavy atom. The predicted octanol–water partition coefficient (Wildman–Crippen LogP) is 21.6. The van der Waals surface area contributed by atoms with Crippen molar-refractivity contribution in [3.05, 3.63) is 299 Å². The number of hydrogen-bond acceptors (Lipinski definition) is 24. The molecule has 35 heteroatoms. The molecular formula is C100H124Cl4FN14O12P3Y-2. The number of hydrogen-bond donors (Lipinski definition) is 2. The third-order valence-corrected chi connectivity index (χ3v) is 28.7. The summed E-state index contributed by atoms with van der Waals surface area (Å²) in [5, 5.41) is 28.6. The van der Waals surface area contributed by atoms with E-state index >= 15 is 0 Å². The first-order chi connectivity index (χ1) is 64.2. The summed E-state index contributed by atoms with van der Waals surface area (Å²) in [5.41, 5.74) is 17.7. The van der Waals surface area contributed by atoms with E-state index in [0.717, 1.165) is 136 Å². The molecule has 721 valence electrons. The van der Waals surface area contributed by atoms with Crippen LogP contribution in [0.3, 0.4) is 0 Å². The Hall–Kier alpha value is -9.36.